The molecule has 2 bridgehead atoms. The van der Waals surface area contributed by atoms with Gasteiger partial charge in [-0.25, -0.2) is 0 Å². The third-order valence-corrected chi connectivity index (χ3v) is 9.19. The number of carbonyl (C=O) groups is 1. The van der Waals surface area contributed by atoms with Gasteiger partial charge in [-0.3, -0.25) is 4.79 Å². The number of carbonyl (C=O) groups excluding carboxylic acids is 1. The fourth-order valence-electron chi connectivity index (χ4n) is 6.86. The van der Waals surface area contributed by atoms with Crippen LogP contribution in [0.5, 0.6) is 0 Å². The van der Waals surface area contributed by atoms with Gasteiger partial charge in [0.2, 0.25) is 0 Å². The molecule has 5 nitrogen and oxygen atoms in total. The van der Waals surface area contributed by atoms with E-state index in [0.29, 0.717) is 18.9 Å². The van der Waals surface area contributed by atoms with E-state index in [1.807, 2.05) is 42.5 Å². The average Bonchev–Trinajstić information content (AvgIpc) is 3.61. The van der Waals surface area contributed by atoms with Crippen molar-refractivity contribution in [2.45, 2.75) is 55.6 Å². The Hall–Kier alpha value is -3.51. The minimum Gasteiger partial charge on any atom is -0.469 e. The van der Waals surface area contributed by atoms with E-state index in [1.54, 1.807) is 0 Å². The van der Waals surface area contributed by atoms with Gasteiger partial charge in [-0.05, 0) is 53.9 Å². The number of benzene rings is 3. The van der Waals surface area contributed by atoms with E-state index in [2.05, 4.69) is 66.8 Å². The normalized spacial score (nSPS) is 24.8. The van der Waals surface area contributed by atoms with Crippen LogP contribution in [0.4, 0.5) is 0 Å². The molecule has 1 unspecified atom stereocenters. The maximum Gasteiger partial charge on any atom is 0.305 e. The third kappa shape index (κ3) is 6.59. The van der Waals surface area contributed by atoms with Crippen LogP contribution in [0.3, 0.4) is 0 Å². The van der Waals surface area contributed by atoms with Crippen molar-refractivity contribution < 1.29 is 24.5 Å². The molecule has 220 valence electrons. The number of fused-ring (bicyclic) bond motifs is 2. The van der Waals surface area contributed by atoms with E-state index >= 15 is 0 Å². The predicted octanol–water partition coefficient (Wildman–Crippen LogP) is 6.61. The monoisotopic (exact) mass is 566 g/mol. The molecule has 5 rings (SSSR count). The summed E-state index contributed by atoms with van der Waals surface area (Å²) in [6.45, 7) is 0.551. The van der Waals surface area contributed by atoms with E-state index in [9.17, 15) is 15.0 Å². The van der Waals surface area contributed by atoms with Crippen molar-refractivity contribution in [3.63, 3.8) is 0 Å². The van der Waals surface area contributed by atoms with Crippen molar-refractivity contribution in [1.82, 2.24) is 0 Å². The number of aliphatic hydroxyl groups excluding tert-OH is 2. The predicted molar refractivity (Wildman–Crippen MR) is 166 cm³/mol. The highest BCUT2D eigenvalue weighted by Crippen LogP contribution is 2.57. The maximum absolute atomic E-state index is 11.5. The molecule has 1 aliphatic carbocycles. The number of hydrogen-bond acceptors (Lipinski definition) is 5. The SMILES string of the molecule is COC(=O)CCC/C=C\C[C@H]1[C@H](/C=C/[C@H](O)C(CO)c2ccccc2)[C@@H]2C[C@@]1(c1ccc(-c3ccccc3)cc1)CO2. The summed E-state index contributed by atoms with van der Waals surface area (Å²) in [7, 11) is 1.43. The van der Waals surface area contributed by atoms with Crippen molar-refractivity contribution >= 4 is 5.97 Å². The second kappa shape index (κ2) is 14.1. The zero-order valence-corrected chi connectivity index (χ0v) is 24.3. The zero-order valence-electron chi connectivity index (χ0n) is 24.3. The van der Waals surface area contributed by atoms with Crippen LogP contribution in [0.2, 0.25) is 0 Å². The van der Waals surface area contributed by atoms with E-state index < -0.39 is 6.10 Å². The molecular formula is C37H42O5. The van der Waals surface area contributed by atoms with E-state index in [1.165, 1.54) is 23.8 Å². The van der Waals surface area contributed by atoms with Crippen LogP contribution in [0.25, 0.3) is 11.1 Å². The Morgan fingerprint density at radius 2 is 1.69 bits per heavy atom. The lowest BCUT2D eigenvalue weighted by molar-refractivity contribution is -0.140. The molecule has 3 aromatic carbocycles. The topological polar surface area (TPSA) is 76.0 Å². The Kier molecular flexibility index (Phi) is 10.1. The van der Waals surface area contributed by atoms with E-state index in [0.717, 1.165) is 31.2 Å². The molecule has 0 amide bonds. The Morgan fingerprint density at radius 3 is 2.38 bits per heavy atom. The van der Waals surface area contributed by atoms with Crippen LogP contribution in [0, 0.1) is 11.8 Å². The first-order chi connectivity index (χ1) is 20.6. The Labute approximate surface area is 249 Å². The minimum atomic E-state index is -0.799. The number of esters is 1. The largest absolute Gasteiger partial charge is 0.469 e. The molecule has 3 aromatic rings. The van der Waals surface area contributed by atoms with Gasteiger partial charge in [0.25, 0.3) is 0 Å². The quantitative estimate of drug-likeness (QED) is 0.138. The molecule has 0 radical (unpaired) electrons. The van der Waals surface area contributed by atoms with Gasteiger partial charge in [0.15, 0.2) is 0 Å². The van der Waals surface area contributed by atoms with E-state index in [-0.39, 0.29) is 35.9 Å². The summed E-state index contributed by atoms with van der Waals surface area (Å²) in [6.07, 6.45) is 11.5. The summed E-state index contributed by atoms with van der Waals surface area (Å²) >= 11 is 0. The van der Waals surface area contributed by atoms with Gasteiger partial charge in [0.05, 0.1) is 32.5 Å². The van der Waals surface area contributed by atoms with Gasteiger partial charge >= 0.3 is 5.97 Å². The van der Waals surface area contributed by atoms with Gasteiger partial charge < -0.3 is 19.7 Å². The average molecular weight is 567 g/mol. The molecular weight excluding hydrogens is 524 g/mol. The molecule has 1 saturated carbocycles. The number of ether oxygens (including phenoxy) is 2. The highest BCUT2D eigenvalue weighted by atomic mass is 16.5. The fraction of sp³-hybridized carbons (Fsp3) is 0.378. The first-order valence-corrected chi connectivity index (χ1v) is 15.1. The first-order valence-electron chi connectivity index (χ1n) is 15.1. The second-order valence-corrected chi connectivity index (χ2v) is 11.6. The molecule has 2 fully saturated rings. The summed E-state index contributed by atoms with van der Waals surface area (Å²) in [5, 5.41) is 21.2. The Balaban J connectivity index is 1.37. The highest BCUT2D eigenvalue weighted by molar-refractivity contribution is 5.69. The van der Waals surface area contributed by atoms with Crippen LogP contribution in [-0.4, -0.2) is 48.7 Å². The van der Waals surface area contributed by atoms with Crippen LogP contribution in [0.1, 0.15) is 49.1 Å². The lowest BCUT2D eigenvalue weighted by Gasteiger charge is -2.38. The third-order valence-electron chi connectivity index (χ3n) is 9.19. The highest BCUT2D eigenvalue weighted by Gasteiger charge is 2.58. The van der Waals surface area contributed by atoms with Crippen molar-refractivity contribution in [2.24, 2.45) is 11.8 Å². The molecule has 0 aromatic heterocycles. The Morgan fingerprint density at radius 1 is 1.00 bits per heavy atom. The summed E-state index contributed by atoms with van der Waals surface area (Å²) < 4.78 is 11.2. The number of allylic oxidation sites excluding steroid dienone is 2. The molecule has 5 heteroatoms. The number of hydrogen-bond donors (Lipinski definition) is 2. The lowest BCUT2D eigenvalue weighted by Crippen LogP contribution is -2.39. The van der Waals surface area contributed by atoms with Gasteiger partial charge in [-0.15, -0.1) is 0 Å². The molecule has 2 aliphatic rings. The van der Waals surface area contributed by atoms with Crippen molar-refractivity contribution in [3.8, 4) is 11.1 Å². The Bertz CT molecular complexity index is 1330. The molecule has 2 N–H and O–H groups in total. The molecule has 0 spiro atoms. The zero-order chi connectivity index (χ0) is 29.4. The number of unbranched alkanes of at least 4 members (excludes halogenated alkanes) is 1. The van der Waals surface area contributed by atoms with Crippen LogP contribution in [0.15, 0.2) is 109 Å². The van der Waals surface area contributed by atoms with Gasteiger partial charge in [-0.2, -0.15) is 0 Å². The lowest BCUT2D eigenvalue weighted by atomic mass is 9.69. The minimum absolute atomic E-state index is 0.0734. The van der Waals surface area contributed by atoms with Crippen molar-refractivity contribution in [1.29, 1.82) is 0 Å². The van der Waals surface area contributed by atoms with Crippen LogP contribution in [-0.2, 0) is 19.7 Å². The van der Waals surface area contributed by atoms with Gasteiger partial charge in [0, 0.05) is 23.7 Å². The summed E-state index contributed by atoms with van der Waals surface area (Å²) in [6, 6.07) is 29.1. The van der Waals surface area contributed by atoms with Gasteiger partial charge in [-0.1, -0.05) is 109 Å². The van der Waals surface area contributed by atoms with Crippen LogP contribution < -0.4 is 0 Å². The van der Waals surface area contributed by atoms with Crippen molar-refractivity contribution in [3.05, 3.63) is 120 Å². The molecule has 1 heterocycles. The van der Waals surface area contributed by atoms with Gasteiger partial charge in [0.1, 0.15) is 0 Å². The van der Waals surface area contributed by atoms with E-state index in [4.69, 9.17) is 9.47 Å². The van der Waals surface area contributed by atoms with Crippen molar-refractivity contribution in [2.75, 3.05) is 20.3 Å². The molecule has 1 aliphatic heterocycles. The van der Waals surface area contributed by atoms with Crippen LogP contribution >= 0.6 is 0 Å². The second-order valence-electron chi connectivity index (χ2n) is 11.6. The first kappa shape index (κ1) is 30.0. The summed E-state index contributed by atoms with van der Waals surface area (Å²) in [4.78, 5) is 11.5. The molecule has 6 atom stereocenters. The summed E-state index contributed by atoms with van der Waals surface area (Å²) in [5.74, 6) is -0.123. The molecule has 42 heavy (non-hydrogen) atoms. The standard InChI is InChI=1S/C37H42O5/c1-41-36(40)17-11-3-2-10-16-33-31(22-23-34(39)32(25-38)29-14-8-5-9-15-29)35-24-37(33,26-42-35)30-20-18-28(19-21-30)27-12-6-4-7-13-27/h2,4-10,12-15,18-23,31-35,38-39H,3,11,16-17,24-26H2,1H3/b10-2-,23-22+/t31-,32?,33-,34-,35-,37-/m0/s1. The summed E-state index contributed by atoms with van der Waals surface area (Å²) in [5.41, 5.74) is 4.49. The number of aliphatic hydroxyl groups is 2. The number of rotatable bonds is 13. The fourth-order valence-corrected chi connectivity index (χ4v) is 6.86. The maximum atomic E-state index is 11.5. The molecule has 1 saturated heterocycles. The number of methoxy groups -OCH3 is 1. The smallest absolute Gasteiger partial charge is 0.305 e.